The minimum absolute atomic E-state index is 0.0451. The molecule has 0 saturated carbocycles. The van der Waals surface area contributed by atoms with Gasteiger partial charge in [0.1, 0.15) is 0 Å². The van der Waals surface area contributed by atoms with Crippen molar-refractivity contribution in [2.24, 2.45) is 0 Å². The van der Waals surface area contributed by atoms with Crippen LogP contribution in [0.15, 0.2) is 12.3 Å². The molecule has 2 rings (SSSR count). The highest BCUT2D eigenvalue weighted by atomic mass is 16.7. The lowest BCUT2D eigenvalue weighted by molar-refractivity contribution is -0.186. The molecule has 0 aromatic carbocycles. The summed E-state index contributed by atoms with van der Waals surface area (Å²) in [6, 6.07) is 0. The van der Waals surface area contributed by atoms with E-state index in [9.17, 15) is 9.59 Å². The van der Waals surface area contributed by atoms with E-state index in [1.54, 1.807) is 6.92 Å². The molecule has 8 nitrogen and oxygen atoms in total. The summed E-state index contributed by atoms with van der Waals surface area (Å²) < 4.78 is 0. The Kier molecular flexibility index (Phi) is 3.79. The zero-order valence-corrected chi connectivity index (χ0v) is 10.5. The molecule has 0 bridgehead atoms. The lowest BCUT2D eigenvalue weighted by atomic mass is 10.3. The molecule has 1 aliphatic heterocycles. The average Bonchev–Trinajstić information content (AvgIpc) is 2.70. The van der Waals surface area contributed by atoms with Crippen LogP contribution in [0.1, 0.15) is 30.9 Å². The third kappa shape index (κ3) is 3.30. The molecule has 1 fully saturated rings. The standard InChI is InChI=1S/C11H13N5O3/c1-7-3-5-10(17)16(7)19-11(18)6-4-9-14-12-8(2)13-15-9/h1,3-6H2,2H3. The van der Waals surface area contributed by atoms with Gasteiger partial charge in [0.25, 0.3) is 5.91 Å². The van der Waals surface area contributed by atoms with E-state index in [2.05, 4.69) is 27.0 Å². The highest BCUT2D eigenvalue weighted by Gasteiger charge is 2.28. The molecule has 0 N–H and O–H groups in total. The van der Waals surface area contributed by atoms with Gasteiger partial charge in [-0.25, -0.2) is 4.79 Å². The maximum atomic E-state index is 11.6. The van der Waals surface area contributed by atoms with E-state index < -0.39 is 5.97 Å². The number of hydrogen-bond acceptors (Lipinski definition) is 7. The Morgan fingerprint density at radius 2 is 2.00 bits per heavy atom. The maximum absolute atomic E-state index is 11.6. The van der Waals surface area contributed by atoms with Gasteiger partial charge < -0.3 is 4.84 Å². The van der Waals surface area contributed by atoms with Crippen LogP contribution in [0.2, 0.25) is 0 Å². The second kappa shape index (κ2) is 5.51. The van der Waals surface area contributed by atoms with Gasteiger partial charge in [0.15, 0.2) is 11.6 Å². The zero-order valence-electron chi connectivity index (χ0n) is 10.5. The number of amides is 1. The van der Waals surface area contributed by atoms with Crippen molar-refractivity contribution in [3.63, 3.8) is 0 Å². The third-order valence-electron chi connectivity index (χ3n) is 2.51. The van der Waals surface area contributed by atoms with Crippen LogP contribution in [-0.4, -0.2) is 37.3 Å². The number of rotatable bonds is 4. The third-order valence-corrected chi connectivity index (χ3v) is 2.51. The van der Waals surface area contributed by atoms with Crippen molar-refractivity contribution in [2.75, 3.05) is 0 Å². The van der Waals surface area contributed by atoms with E-state index >= 15 is 0 Å². The summed E-state index contributed by atoms with van der Waals surface area (Å²) in [4.78, 5) is 27.9. The first-order valence-electron chi connectivity index (χ1n) is 5.80. The van der Waals surface area contributed by atoms with Crippen molar-refractivity contribution >= 4 is 11.9 Å². The number of allylic oxidation sites excluding steroid dienone is 1. The number of nitrogens with zero attached hydrogens (tertiary/aromatic N) is 5. The van der Waals surface area contributed by atoms with Gasteiger partial charge in [0.05, 0.1) is 12.1 Å². The summed E-state index contributed by atoms with van der Waals surface area (Å²) in [5, 5.41) is 16.0. The van der Waals surface area contributed by atoms with Gasteiger partial charge >= 0.3 is 5.97 Å². The van der Waals surface area contributed by atoms with Crippen LogP contribution in [0.5, 0.6) is 0 Å². The average molecular weight is 263 g/mol. The van der Waals surface area contributed by atoms with E-state index in [0.29, 0.717) is 30.2 Å². The Morgan fingerprint density at radius 3 is 2.58 bits per heavy atom. The smallest absolute Gasteiger partial charge is 0.333 e. The Labute approximate surface area is 109 Å². The van der Waals surface area contributed by atoms with Crippen LogP contribution in [0.25, 0.3) is 0 Å². The second-order valence-corrected chi connectivity index (χ2v) is 4.08. The van der Waals surface area contributed by atoms with Crippen LogP contribution in [0, 0.1) is 6.92 Å². The van der Waals surface area contributed by atoms with E-state index in [-0.39, 0.29) is 18.7 Å². The van der Waals surface area contributed by atoms with Crippen molar-refractivity contribution < 1.29 is 14.4 Å². The molecular weight excluding hydrogens is 250 g/mol. The molecule has 1 aromatic heterocycles. The predicted molar refractivity (Wildman–Crippen MR) is 62.0 cm³/mol. The summed E-state index contributed by atoms with van der Waals surface area (Å²) in [6.45, 7) is 5.32. The number of carbonyl (C=O) groups excluding carboxylic acids is 2. The normalized spacial score (nSPS) is 14.9. The first kappa shape index (κ1) is 13.1. The van der Waals surface area contributed by atoms with Crippen molar-refractivity contribution in [3.05, 3.63) is 23.9 Å². The highest BCUT2D eigenvalue weighted by molar-refractivity contribution is 5.82. The minimum Gasteiger partial charge on any atom is -0.334 e. The number of aromatic nitrogens is 4. The SMILES string of the molecule is C=C1CCC(=O)N1OC(=O)CCc1nnc(C)nn1. The fourth-order valence-electron chi connectivity index (χ4n) is 1.51. The summed E-state index contributed by atoms with van der Waals surface area (Å²) in [6.07, 6.45) is 1.14. The van der Waals surface area contributed by atoms with Gasteiger partial charge in [-0.2, -0.15) is 0 Å². The summed E-state index contributed by atoms with van der Waals surface area (Å²) in [5.74, 6) is 0.0215. The molecule has 8 heteroatoms. The number of carbonyl (C=O) groups is 2. The Morgan fingerprint density at radius 1 is 1.32 bits per heavy atom. The molecule has 0 unspecified atom stereocenters. The lowest BCUT2D eigenvalue weighted by Crippen LogP contribution is -2.27. The van der Waals surface area contributed by atoms with Crippen molar-refractivity contribution in [2.45, 2.75) is 32.6 Å². The van der Waals surface area contributed by atoms with Crippen molar-refractivity contribution in [3.8, 4) is 0 Å². The molecule has 1 saturated heterocycles. The van der Waals surface area contributed by atoms with Gasteiger partial charge in [0, 0.05) is 12.8 Å². The Hall–Kier alpha value is -2.38. The molecule has 1 aliphatic rings. The zero-order chi connectivity index (χ0) is 13.8. The van der Waals surface area contributed by atoms with E-state index in [4.69, 9.17) is 4.84 Å². The monoisotopic (exact) mass is 263 g/mol. The molecule has 0 radical (unpaired) electrons. The summed E-state index contributed by atoms with van der Waals surface area (Å²) in [7, 11) is 0. The highest BCUT2D eigenvalue weighted by Crippen LogP contribution is 2.21. The summed E-state index contributed by atoms with van der Waals surface area (Å²) >= 11 is 0. The van der Waals surface area contributed by atoms with Gasteiger partial charge in [-0.3, -0.25) is 4.79 Å². The van der Waals surface area contributed by atoms with Crippen molar-refractivity contribution in [1.29, 1.82) is 0 Å². The predicted octanol–water partition coefficient (Wildman–Crippen LogP) is 0.102. The molecule has 100 valence electrons. The van der Waals surface area contributed by atoms with Crippen LogP contribution < -0.4 is 0 Å². The first-order valence-corrected chi connectivity index (χ1v) is 5.80. The van der Waals surface area contributed by atoms with E-state index in [0.717, 1.165) is 5.06 Å². The summed E-state index contributed by atoms with van der Waals surface area (Å²) in [5.41, 5.74) is 0.494. The molecule has 0 atom stereocenters. The quantitative estimate of drug-likeness (QED) is 0.759. The van der Waals surface area contributed by atoms with Crippen molar-refractivity contribution in [1.82, 2.24) is 25.5 Å². The fraction of sp³-hybridized carbons (Fsp3) is 0.455. The lowest BCUT2D eigenvalue weighted by Gasteiger charge is -2.15. The van der Waals surface area contributed by atoms with Crippen LogP contribution in [-0.2, 0) is 20.8 Å². The van der Waals surface area contributed by atoms with Gasteiger partial charge in [-0.1, -0.05) is 6.58 Å². The molecule has 2 heterocycles. The minimum atomic E-state index is -0.541. The number of aryl methyl sites for hydroxylation is 2. The molecule has 0 aliphatic carbocycles. The Balaban J connectivity index is 1.83. The molecule has 0 spiro atoms. The van der Waals surface area contributed by atoms with E-state index in [1.807, 2.05) is 0 Å². The van der Waals surface area contributed by atoms with Gasteiger partial charge in [-0.05, 0) is 13.3 Å². The largest absolute Gasteiger partial charge is 0.334 e. The van der Waals surface area contributed by atoms with Gasteiger partial charge in [-0.15, -0.1) is 25.5 Å². The molecule has 1 aromatic rings. The first-order chi connectivity index (χ1) is 9.06. The van der Waals surface area contributed by atoms with Crippen LogP contribution in [0.3, 0.4) is 0 Å². The number of hydroxylamine groups is 2. The van der Waals surface area contributed by atoms with Crippen LogP contribution in [0.4, 0.5) is 0 Å². The van der Waals surface area contributed by atoms with Gasteiger partial charge in [0.2, 0.25) is 0 Å². The second-order valence-electron chi connectivity index (χ2n) is 4.08. The topological polar surface area (TPSA) is 98.2 Å². The van der Waals surface area contributed by atoms with Crippen LogP contribution >= 0.6 is 0 Å². The fourth-order valence-corrected chi connectivity index (χ4v) is 1.51. The molecule has 1 amide bonds. The molecule has 19 heavy (non-hydrogen) atoms. The maximum Gasteiger partial charge on any atom is 0.333 e. The van der Waals surface area contributed by atoms with E-state index in [1.165, 1.54) is 0 Å². The number of hydrogen-bond donors (Lipinski definition) is 0. The Bertz CT molecular complexity index is 498. The molecular formula is C11H13N5O3.